The third-order valence-corrected chi connectivity index (χ3v) is 10.2. The van der Waals surface area contributed by atoms with Gasteiger partial charge in [0, 0.05) is 19.3 Å². The highest BCUT2D eigenvalue weighted by atomic mass is 16.6. The van der Waals surface area contributed by atoms with Crippen molar-refractivity contribution in [3.8, 4) is 0 Å². The van der Waals surface area contributed by atoms with Crippen LogP contribution < -0.4 is 0 Å². The normalized spacial score (nSPS) is 12.9. The van der Waals surface area contributed by atoms with Crippen LogP contribution in [0, 0.1) is 0 Å². The molecule has 0 radical (unpaired) electrons. The van der Waals surface area contributed by atoms with Crippen molar-refractivity contribution in [3.05, 3.63) is 97.2 Å². The molecule has 0 spiro atoms. The Hall–Kier alpha value is -3.67. The van der Waals surface area contributed by atoms with Crippen molar-refractivity contribution in [2.45, 2.75) is 219 Å². The zero-order valence-corrected chi connectivity index (χ0v) is 39.4. The molecule has 0 heterocycles. The first-order valence-corrected chi connectivity index (χ1v) is 24.8. The molecule has 0 bridgehead atoms. The summed E-state index contributed by atoms with van der Waals surface area (Å²) in [7, 11) is 0. The lowest BCUT2D eigenvalue weighted by Crippen LogP contribution is -2.30. The van der Waals surface area contributed by atoms with E-state index >= 15 is 0 Å². The van der Waals surface area contributed by atoms with E-state index < -0.39 is 12.1 Å². The highest BCUT2D eigenvalue weighted by Crippen LogP contribution is 2.13. The van der Waals surface area contributed by atoms with Crippen LogP contribution >= 0.6 is 0 Å². The molecule has 0 aliphatic heterocycles. The van der Waals surface area contributed by atoms with Crippen LogP contribution in [0.2, 0.25) is 0 Å². The summed E-state index contributed by atoms with van der Waals surface area (Å²) in [6.07, 6.45) is 64.1. The molecule has 0 aromatic heterocycles. The van der Waals surface area contributed by atoms with Gasteiger partial charge in [0.15, 0.2) is 6.10 Å². The Morgan fingerprint density at radius 3 is 1.23 bits per heavy atom. The zero-order chi connectivity index (χ0) is 44.4. The minimum absolute atomic E-state index is 0.116. The van der Waals surface area contributed by atoms with Gasteiger partial charge in [-0.3, -0.25) is 14.4 Å². The van der Waals surface area contributed by atoms with Gasteiger partial charge in [0.05, 0.1) is 0 Å². The number of carbonyl (C=O) groups excluding carboxylic acids is 3. The fraction of sp³-hybridized carbons (Fsp3) is 0.655. The quantitative estimate of drug-likeness (QED) is 0.0200. The molecule has 1 atom stereocenters. The molecular weight excluding hydrogens is 757 g/mol. The van der Waals surface area contributed by atoms with E-state index in [1.807, 2.05) is 54.7 Å². The number of carbonyl (C=O) groups is 3. The van der Waals surface area contributed by atoms with Crippen LogP contribution in [0.25, 0.3) is 0 Å². The maximum Gasteiger partial charge on any atom is 0.306 e. The van der Waals surface area contributed by atoms with Crippen LogP contribution in [0.15, 0.2) is 97.2 Å². The fourth-order valence-electron chi connectivity index (χ4n) is 6.50. The lowest BCUT2D eigenvalue weighted by Gasteiger charge is -2.18. The van der Waals surface area contributed by atoms with Gasteiger partial charge < -0.3 is 14.2 Å². The van der Waals surface area contributed by atoms with Crippen LogP contribution in [0.3, 0.4) is 0 Å². The lowest BCUT2D eigenvalue weighted by atomic mass is 10.1. The standard InChI is InChI=1S/C55H90O6/c1-4-7-10-13-16-19-22-25-26-27-28-29-31-33-36-39-42-45-48-54(57)60-51-52(50-59-53(56)47-44-41-38-35-32-24-21-18-15-12-9-6-3)61-55(58)49-46-43-40-37-34-30-23-20-17-14-11-8-5-2/h8-9,11-12,14,17-18,20-21,23,28-30,34,37,40,52H,4-7,10,13,15-16,19,22,24-27,31-33,35-36,38-39,41-51H2,1-3H3/b11-8-,12-9-,17-14-,21-18-,23-20-,29-28-,34-30-,40-37-. The Balaban J connectivity index is 4.48. The Morgan fingerprint density at radius 2 is 0.738 bits per heavy atom. The van der Waals surface area contributed by atoms with E-state index in [2.05, 4.69) is 63.3 Å². The second kappa shape index (κ2) is 49.0. The van der Waals surface area contributed by atoms with Gasteiger partial charge in [0.1, 0.15) is 13.2 Å². The number of esters is 3. The average Bonchev–Trinajstić information content (AvgIpc) is 3.26. The first-order chi connectivity index (χ1) is 30.0. The van der Waals surface area contributed by atoms with Gasteiger partial charge in [-0.05, 0) is 83.5 Å². The van der Waals surface area contributed by atoms with Crippen LogP contribution in [-0.4, -0.2) is 37.2 Å². The van der Waals surface area contributed by atoms with E-state index in [4.69, 9.17) is 14.2 Å². The summed E-state index contributed by atoms with van der Waals surface area (Å²) in [5, 5.41) is 0. The molecule has 6 nitrogen and oxygen atoms in total. The molecule has 0 fully saturated rings. The molecule has 0 saturated heterocycles. The van der Waals surface area contributed by atoms with Crippen LogP contribution in [0.1, 0.15) is 213 Å². The topological polar surface area (TPSA) is 78.9 Å². The summed E-state index contributed by atoms with van der Waals surface area (Å²) in [5.41, 5.74) is 0. The lowest BCUT2D eigenvalue weighted by molar-refractivity contribution is -0.167. The van der Waals surface area contributed by atoms with Crippen molar-refractivity contribution in [3.63, 3.8) is 0 Å². The minimum Gasteiger partial charge on any atom is -0.462 e. The number of allylic oxidation sites excluding steroid dienone is 16. The van der Waals surface area contributed by atoms with E-state index in [1.54, 1.807) is 0 Å². The Bertz CT molecular complexity index is 1250. The molecule has 61 heavy (non-hydrogen) atoms. The minimum atomic E-state index is -0.823. The molecule has 1 unspecified atom stereocenters. The maximum atomic E-state index is 12.7. The summed E-state index contributed by atoms with van der Waals surface area (Å²) in [6, 6.07) is 0. The monoisotopic (exact) mass is 847 g/mol. The third-order valence-electron chi connectivity index (χ3n) is 10.2. The van der Waals surface area contributed by atoms with Crippen LogP contribution in [0.4, 0.5) is 0 Å². The van der Waals surface area contributed by atoms with Crippen molar-refractivity contribution in [1.82, 2.24) is 0 Å². The summed E-state index contributed by atoms with van der Waals surface area (Å²) in [4.78, 5) is 37.8. The SMILES string of the molecule is CC\C=C/C=C\C=C/C=C\C=C/CCCC(=O)OC(COC(=O)CCCCCCC/C=C\C/C=C\CC)COC(=O)CCCCCCC/C=C\CCCCCCCCCCC. The van der Waals surface area contributed by atoms with Crippen molar-refractivity contribution >= 4 is 17.9 Å². The predicted octanol–water partition coefficient (Wildman–Crippen LogP) is 16.2. The largest absolute Gasteiger partial charge is 0.462 e. The average molecular weight is 847 g/mol. The molecular formula is C55H90O6. The molecule has 346 valence electrons. The van der Waals surface area contributed by atoms with Crippen molar-refractivity contribution < 1.29 is 28.6 Å². The molecule has 0 rings (SSSR count). The number of hydrogen-bond acceptors (Lipinski definition) is 6. The summed E-state index contributed by atoms with van der Waals surface area (Å²) < 4.78 is 16.7. The third kappa shape index (κ3) is 47.2. The van der Waals surface area contributed by atoms with E-state index in [1.165, 1.54) is 70.6 Å². The number of hydrogen-bond donors (Lipinski definition) is 0. The fourth-order valence-corrected chi connectivity index (χ4v) is 6.50. The van der Waals surface area contributed by atoms with E-state index in [0.717, 1.165) is 96.3 Å². The molecule has 0 N–H and O–H groups in total. The molecule has 0 aliphatic carbocycles. The predicted molar refractivity (Wildman–Crippen MR) is 260 cm³/mol. The van der Waals surface area contributed by atoms with E-state index in [0.29, 0.717) is 19.3 Å². The Morgan fingerprint density at radius 1 is 0.361 bits per heavy atom. The first-order valence-electron chi connectivity index (χ1n) is 24.8. The highest BCUT2D eigenvalue weighted by molar-refractivity contribution is 5.71. The Kier molecular flexibility index (Phi) is 46.0. The molecule has 0 saturated carbocycles. The number of unbranched alkanes of at least 4 members (excludes halogenated alkanes) is 20. The summed E-state index contributed by atoms with van der Waals surface area (Å²) in [5.74, 6) is -1.02. The summed E-state index contributed by atoms with van der Waals surface area (Å²) >= 11 is 0. The molecule has 0 aromatic rings. The van der Waals surface area contributed by atoms with Gasteiger partial charge in [-0.15, -0.1) is 0 Å². The Labute approximate surface area is 375 Å². The zero-order valence-electron chi connectivity index (χ0n) is 39.4. The maximum absolute atomic E-state index is 12.7. The second-order valence-electron chi connectivity index (χ2n) is 16.1. The van der Waals surface area contributed by atoms with Gasteiger partial charge in [-0.25, -0.2) is 0 Å². The highest BCUT2D eigenvalue weighted by Gasteiger charge is 2.19. The van der Waals surface area contributed by atoms with E-state index in [-0.39, 0.29) is 31.6 Å². The van der Waals surface area contributed by atoms with Gasteiger partial charge >= 0.3 is 17.9 Å². The van der Waals surface area contributed by atoms with Gasteiger partial charge in [-0.2, -0.15) is 0 Å². The van der Waals surface area contributed by atoms with Crippen molar-refractivity contribution in [1.29, 1.82) is 0 Å². The van der Waals surface area contributed by atoms with Crippen molar-refractivity contribution in [2.75, 3.05) is 13.2 Å². The second-order valence-corrected chi connectivity index (χ2v) is 16.1. The van der Waals surface area contributed by atoms with Gasteiger partial charge in [0.25, 0.3) is 0 Å². The molecule has 0 aliphatic rings. The number of ether oxygens (including phenoxy) is 3. The van der Waals surface area contributed by atoms with E-state index in [9.17, 15) is 14.4 Å². The summed E-state index contributed by atoms with van der Waals surface area (Å²) in [6.45, 7) is 6.29. The first kappa shape index (κ1) is 57.3. The molecule has 6 heteroatoms. The van der Waals surface area contributed by atoms with Gasteiger partial charge in [-0.1, -0.05) is 208 Å². The van der Waals surface area contributed by atoms with Crippen LogP contribution in [0.5, 0.6) is 0 Å². The van der Waals surface area contributed by atoms with Crippen LogP contribution in [-0.2, 0) is 28.6 Å². The smallest absolute Gasteiger partial charge is 0.306 e. The molecule has 0 aromatic carbocycles. The van der Waals surface area contributed by atoms with Crippen molar-refractivity contribution in [2.24, 2.45) is 0 Å². The number of rotatable bonds is 43. The molecule has 0 amide bonds. The van der Waals surface area contributed by atoms with Gasteiger partial charge in [0.2, 0.25) is 0 Å².